The Morgan fingerprint density at radius 3 is 2.58 bits per heavy atom. The number of nitrogens with zero attached hydrogens (tertiary/aromatic N) is 4. The molecule has 1 N–H and O–H groups in total. The normalized spacial score (nSPS) is 18.0. The van der Waals surface area contributed by atoms with E-state index in [1.54, 1.807) is 0 Å². The zero-order valence-electron chi connectivity index (χ0n) is 19.3. The van der Waals surface area contributed by atoms with Gasteiger partial charge in [0.05, 0.1) is 12.6 Å². The number of benzene rings is 1. The van der Waals surface area contributed by atoms with E-state index >= 15 is 0 Å². The first-order chi connectivity index (χ1) is 15.1. The largest absolute Gasteiger partial charge is 0.382 e. The molecule has 31 heavy (non-hydrogen) atoms. The van der Waals surface area contributed by atoms with Crippen molar-refractivity contribution in [3.8, 4) is 0 Å². The maximum absolute atomic E-state index is 12.7. The van der Waals surface area contributed by atoms with Crippen molar-refractivity contribution in [3.05, 3.63) is 41.7 Å². The molecule has 1 aromatic heterocycles. The summed E-state index contributed by atoms with van der Waals surface area (Å²) in [4.78, 5) is 17.2. The summed E-state index contributed by atoms with van der Waals surface area (Å²) < 4.78 is 1.87. The second-order valence-electron chi connectivity index (χ2n) is 9.10. The molecular weight excluding hydrogens is 386 g/mol. The summed E-state index contributed by atoms with van der Waals surface area (Å²) in [6.45, 7) is 10.8. The number of carbonyl (C=O) groups excluding carboxylic acids is 1. The molecule has 4 rings (SSSR count). The van der Waals surface area contributed by atoms with Crippen molar-refractivity contribution in [2.45, 2.75) is 71.4 Å². The Morgan fingerprint density at radius 2 is 1.97 bits per heavy atom. The van der Waals surface area contributed by atoms with Crippen molar-refractivity contribution in [3.63, 3.8) is 0 Å². The van der Waals surface area contributed by atoms with Gasteiger partial charge in [-0.25, -0.2) is 0 Å². The third kappa shape index (κ3) is 5.05. The number of carbonyl (C=O) groups is 1. The number of hydrogen-bond donors (Lipinski definition) is 1. The van der Waals surface area contributed by atoms with Crippen LogP contribution in [0, 0.1) is 0 Å². The van der Waals surface area contributed by atoms with E-state index in [-0.39, 0.29) is 5.91 Å². The van der Waals surface area contributed by atoms with Gasteiger partial charge in [-0.2, -0.15) is 5.10 Å². The van der Waals surface area contributed by atoms with Gasteiger partial charge in [0, 0.05) is 56.3 Å². The van der Waals surface area contributed by atoms with Crippen molar-refractivity contribution < 1.29 is 4.79 Å². The van der Waals surface area contributed by atoms with Crippen LogP contribution in [0.3, 0.4) is 0 Å². The average Bonchev–Trinajstić information content (AvgIpc) is 3.23. The van der Waals surface area contributed by atoms with E-state index in [0.29, 0.717) is 18.4 Å². The second kappa shape index (κ2) is 9.75. The van der Waals surface area contributed by atoms with Gasteiger partial charge in [0.1, 0.15) is 0 Å². The third-order valence-corrected chi connectivity index (χ3v) is 7.01. The van der Waals surface area contributed by atoms with Crippen molar-refractivity contribution in [1.29, 1.82) is 0 Å². The zero-order chi connectivity index (χ0) is 21.8. The Bertz CT molecular complexity index is 880. The van der Waals surface area contributed by atoms with Gasteiger partial charge in [-0.3, -0.25) is 9.48 Å². The smallest absolute Gasteiger partial charge is 0.227 e. The van der Waals surface area contributed by atoms with Gasteiger partial charge >= 0.3 is 0 Å². The molecule has 168 valence electrons. The molecule has 2 aromatic rings. The van der Waals surface area contributed by atoms with Crippen molar-refractivity contribution >= 4 is 17.3 Å². The first kappa shape index (κ1) is 21.7. The molecule has 1 saturated heterocycles. The summed E-state index contributed by atoms with van der Waals surface area (Å²) in [6, 6.07) is 7.55. The number of aromatic nitrogens is 2. The highest BCUT2D eigenvalue weighted by Gasteiger charge is 2.24. The van der Waals surface area contributed by atoms with Crippen LogP contribution < -0.4 is 10.2 Å². The van der Waals surface area contributed by atoms with E-state index in [0.717, 1.165) is 44.7 Å². The highest BCUT2D eigenvalue weighted by molar-refractivity contribution is 5.79. The fourth-order valence-electron chi connectivity index (χ4n) is 4.46. The molecule has 2 aliphatic rings. The summed E-state index contributed by atoms with van der Waals surface area (Å²) in [5, 5.41) is 8.08. The second-order valence-corrected chi connectivity index (χ2v) is 9.10. The number of nitrogens with one attached hydrogen (secondary N) is 1. The van der Waals surface area contributed by atoms with Gasteiger partial charge in [0.25, 0.3) is 0 Å². The molecule has 1 saturated carbocycles. The number of rotatable bonds is 8. The SMILES string of the molecule is CCC(C)c1ccc(N2CCN(C(=O)Cc3cnn(CC)c3)CC2)cc1NC1CCC1. The highest BCUT2D eigenvalue weighted by atomic mass is 16.2. The maximum Gasteiger partial charge on any atom is 0.227 e. The van der Waals surface area contributed by atoms with Gasteiger partial charge in [-0.1, -0.05) is 19.9 Å². The topological polar surface area (TPSA) is 53.4 Å². The number of amides is 1. The van der Waals surface area contributed by atoms with Crippen LogP contribution in [0.25, 0.3) is 0 Å². The summed E-state index contributed by atoms with van der Waals surface area (Å²) >= 11 is 0. The van der Waals surface area contributed by atoms with Gasteiger partial charge in [0.15, 0.2) is 0 Å². The monoisotopic (exact) mass is 423 g/mol. The first-order valence-electron chi connectivity index (χ1n) is 12.0. The molecule has 1 aliphatic heterocycles. The van der Waals surface area contributed by atoms with Crippen LogP contribution in [0.1, 0.15) is 63.5 Å². The minimum absolute atomic E-state index is 0.203. The molecule has 1 atom stereocenters. The highest BCUT2D eigenvalue weighted by Crippen LogP contribution is 2.34. The first-order valence-corrected chi connectivity index (χ1v) is 12.0. The molecular formula is C25H37N5O. The lowest BCUT2D eigenvalue weighted by atomic mass is 9.91. The van der Waals surface area contributed by atoms with Crippen LogP contribution in [-0.2, 0) is 17.8 Å². The predicted molar refractivity (Wildman–Crippen MR) is 127 cm³/mol. The predicted octanol–water partition coefficient (Wildman–Crippen LogP) is 4.27. The minimum Gasteiger partial charge on any atom is -0.382 e. The third-order valence-electron chi connectivity index (χ3n) is 7.01. The van der Waals surface area contributed by atoms with Gasteiger partial charge in [-0.15, -0.1) is 0 Å². The summed E-state index contributed by atoms with van der Waals surface area (Å²) in [6.07, 6.45) is 9.28. The van der Waals surface area contributed by atoms with Crippen molar-refractivity contribution in [2.75, 3.05) is 36.4 Å². The molecule has 2 fully saturated rings. The molecule has 1 aromatic carbocycles. The van der Waals surface area contributed by atoms with Crippen molar-refractivity contribution in [2.24, 2.45) is 0 Å². The molecule has 0 bridgehead atoms. The lowest BCUT2D eigenvalue weighted by molar-refractivity contribution is -0.130. The molecule has 1 amide bonds. The van der Waals surface area contributed by atoms with Gasteiger partial charge in [-0.05, 0) is 61.8 Å². The lowest BCUT2D eigenvalue weighted by Crippen LogP contribution is -2.49. The van der Waals surface area contributed by atoms with Crippen LogP contribution in [0.15, 0.2) is 30.6 Å². The van der Waals surface area contributed by atoms with E-state index in [1.807, 2.05) is 22.0 Å². The number of aryl methyl sites for hydroxylation is 1. The van der Waals surface area contributed by atoms with E-state index < -0.39 is 0 Å². The van der Waals surface area contributed by atoms with Crippen LogP contribution in [0.5, 0.6) is 0 Å². The average molecular weight is 424 g/mol. The summed E-state index contributed by atoms with van der Waals surface area (Å²) in [5.74, 6) is 0.762. The van der Waals surface area contributed by atoms with E-state index in [4.69, 9.17) is 0 Å². The number of piperazine rings is 1. The Morgan fingerprint density at radius 1 is 1.19 bits per heavy atom. The van der Waals surface area contributed by atoms with E-state index in [2.05, 4.69) is 54.3 Å². The lowest BCUT2D eigenvalue weighted by Gasteiger charge is -2.37. The standard InChI is InChI=1S/C25H37N5O/c1-4-19(3)23-10-9-22(16-24(23)27-21-7-6-8-21)28-11-13-29(14-12-28)25(31)15-20-17-26-30(5-2)18-20/h9-10,16-19,21,27H,4-8,11-15H2,1-3H3. The summed E-state index contributed by atoms with van der Waals surface area (Å²) in [7, 11) is 0. The Balaban J connectivity index is 1.38. The molecule has 0 radical (unpaired) electrons. The maximum atomic E-state index is 12.7. The van der Waals surface area contributed by atoms with Gasteiger partial charge in [0.2, 0.25) is 5.91 Å². The van der Waals surface area contributed by atoms with E-state index in [1.165, 1.54) is 36.2 Å². The molecule has 0 spiro atoms. The number of hydrogen-bond acceptors (Lipinski definition) is 4. The molecule has 1 unspecified atom stereocenters. The Kier molecular flexibility index (Phi) is 6.83. The van der Waals surface area contributed by atoms with Gasteiger partial charge < -0.3 is 15.1 Å². The van der Waals surface area contributed by atoms with Crippen LogP contribution >= 0.6 is 0 Å². The van der Waals surface area contributed by atoms with Crippen LogP contribution in [-0.4, -0.2) is 52.8 Å². The molecule has 1 aliphatic carbocycles. The quantitative estimate of drug-likeness (QED) is 0.689. The summed E-state index contributed by atoms with van der Waals surface area (Å²) in [5.41, 5.74) is 5.01. The minimum atomic E-state index is 0.203. The molecule has 6 nitrogen and oxygen atoms in total. The fraction of sp³-hybridized carbons (Fsp3) is 0.600. The Hall–Kier alpha value is -2.50. The number of anilines is 2. The molecule has 6 heteroatoms. The van der Waals surface area contributed by atoms with Crippen molar-refractivity contribution in [1.82, 2.24) is 14.7 Å². The Labute approximate surface area is 186 Å². The molecule has 2 heterocycles. The van der Waals surface area contributed by atoms with Crippen LogP contribution in [0.2, 0.25) is 0 Å². The fourth-order valence-corrected chi connectivity index (χ4v) is 4.46. The van der Waals surface area contributed by atoms with Crippen LogP contribution in [0.4, 0.5) is 11.4 Å². The zero-order valence-corrected chi connectivity index (χ0v) is 19.3. The van der Waals surface area contributed by atoms with E-state index in [9.17, 15) is 4.79 Å².